The van der Waals surface area contributed by atoms with E-state index < -0.39 is 0 Å². The predicted molar refractivity (Wildman–Crippen MR) is 85.3 cm³/mol. The van der Waals surface area contributed by atoms with Crippen LogP contribution in [0.2, 0.25) is 0 Å². The summed E-state index contributed by atoms with van der Waals surface area (Å²) in [6.45, 7) is 7.32. The monoisotopic (exact) mass is 342 g/mol. The first-order chi connectivity index (χ1) is 9.54. The van der Waals surface area contributed by atoms with Gasteiger partial charge in [-0.25, -0.2) is 4.39 Å². The van der Waals surface area contributed by atoms with Gasteiger partial charge in [0.05, 0.1) is 0 Å². The van der Waals surface area contributed by atoms with Crippen LogP contribution in [0.15, 0.2) is 22.7 Å². The molecule has 1 aliphatic heterocycles. The Morgan fingerprint density at radius 2 is 2.15 bits per heavy atom. The Kier molecular flexibility index (Phi) is 6.00. The van der Waals surface area contributed by atoms with Gasteiger partial charge in [0.1, 0.15) is 5.82 Å². The number of hydrogen-bond donors (Lipinski definition) is 1. The highest BCUT2D eigenvalue weighted by atomic mass is 79.9. The van der Waals surface area contributed by atoms with E-state index in [4.69, 9.17) is 0 Å². The lowest BCUT2D eigenvalue weighted by atomic mass is 10.0. The fourth-order valence-electron chi connectivity index (χ4n) is 2.81. The summed E-state index contributed by atoms with van der Waals surface area (Å²) in [6, 6.07) is 6.25. The lowest BCUT2D eigenvalue weighted by Crippen LogP contribution is -2.46. The summed E-state index contributed by atoms with van der Waals surface area (Å²) < 4.78 is 14.3. The molecule has 112 valence electrons. The van der Waals surface area contributed by atoms with Crippen molar-refractivity contribution in [3.8, 4) is 0 Å². The Bertz CT molecular complexity index is 416. The van der Waals surface area contributed by atoms with Gasteiger partial charge < -0.3 is 5.32 Å². The van der Waals surface area contributed by atoms with Gasteiger partial charge in [0.2, 0.25) is 0 Å². The van der Waals surface area contributed by atoms with Gasteiger partial charge in [-0.15, -0.1) is 0 Å². The van der Waals surface area contributed by atoms with E-state index in [1.807, 2.05) is 6.07 Å². The molecule has 1 fully saturated rings. The normalized spacial score (nSPS) is 20.6. The Labute approximate surface area is 129 Å². The molecule has 1 aromatic carbocycles. The van der Waals surface area contributed by atoms with Crippen molar-refractivity contribution in [2.24, 2.45) is 0 Å². The second-order valence-electron chi connectivity index (χ2n) is 5.96. The molecule has 0 aromatic heterocycles. The highest BCUT2D eigenvalue weighted by molar-refractivity contribution is 9.10. The van der Waals surface area contributed by atoms with Crippen LogP contribution in [-0.2, 0) is 6.54 Å². The smallest absolute Gasteiger partial charge is 0.124 e. The van der Waals surface area contributed by atoms with Crippen LogP contribution in [0.5, 0.6) is 0 Å². The van der Waals surface area contributed by atoms with Crippen molar-refractivity contribution >= 4 is 15.9 Å². The molecule has 0 bridgehead atoms. The van der Waals surface area contributed by atoms with Crippen molar-refractivity contribution in [2.75, 3.05) is 13.1 Å². The summed E-state index contributed by atoms with van der Waals surface area (Å²) in [5, 5.41) is 3.53. The fraction of sp³-hybridized carbons (Fsp3) is 0.625. The molecule has 0 saturated carbocycles. The van der Waals surface area contributed by atoms with Crippen molar-refractivity contribution in [1.29, 1.82) is 0 Å². The van der Waals surface area contributed by atoms with Gasteiger partial charge in [-0.05, 0) is 43.1 Å². The zero-order valence-electron chi connectivity index (χ0n) is 12.3. The number of hydrogen-bond acceptors (Lipinski definition) is 2. The Morgan fingerprint density at radius 1 is 1.35 bits per heavy atom. The second-order valence-corrected chi connectivity index (χ2v) is 6.88. The maximum Gasteiger partial charge on any atom is 0.124 e. The van der Waals surface area contributed by atoms with Gasteiger partial charge in [0.15, 0.2) is 0 Å². The SMILES string of the molecule is CC(C)NCC1CCCCN1Cc1cc(F)cc(Br)c1. The Hall–Kier alpha value is -0.450. The molecule has 1 heterocycles. The third-order valence-corrected chi connectivity index (χ3v) is 4.28. The molecule has 1 saturated heterocycles. The predicted octanol–water partition coefficient (Wildman–Crippen LogP) is 3.94. The molecule has 1 atom stereocenters. The fourth-order valence-corrected chi connectivity index (χ4v) is 3.32. The zero-order valence-corrected chi connectivity index (χ0v) is 13.9. The van der Waals surface area contributed by atoms with E-state index in [-0.39, 0.29) is 5.82 Å². The Morgan fingerprint density at radius 3 is 2.85 bits per heavy atom. The third kappa shape index (κ3) is 4.83. The van der Waals surface area contributed by atoms with Gasteiger partial charge in [0.25, 0.3) is 0 Å². The van der Waals surface area contributed by atoms with Gasteiger partial charge >= 0.3 is 0 Å². The van der Waals surface area contributed by atoms with Crippen molar-refractivity contribution < 1.29 is 4.39 Å². The summed E-state index contributed by atoms with van der Waals surface area (Å²) in [5.74, 6) is -0.164. The lowest BCUT2D eigenvalue weighted by Gasteiger charge is -2.36. The summed E-state index contributed by atoms with van der Waals surface area (Å²) in [4.78, 5) is 2.49. The van der Waals surface area contributed by atoms with E-state index in [9.17, 15) is 4.39 Å². The molecule has 2 rings (SSSR count). The average Bonchev–Trinajstić information content (AvgIpc) is 2.36. The van der Waals surface area contributed by atoms with Crippen LogP contribution in [0.4, 0.5) is 4.39 Å². The van der Waals surface area contributed by atoms with Crippen LogP contribution in [0.1, 0.15) is 38.7 Å². The maximum atomic E-state index is 13.5. The molecule has 1 unspecified atom stereocenters. The average molecular weight is 343 g/mol. The molecule has 1 N–H and O–H groups in total. The van der Waals surface area contributed by atoms with E-state index in [2.05, 4.69) is 40.0 Å². The summed E-state index contributed by atoms with van der Waals surface area (Å²) >= 11 is 3.37. The molecule has 20 heavy (non-hydrogen) atoms. The van der Waals surface area contributed by atoms with Crippen LogP contribution in [0.3, 0.4) is 0 Å². The molecule has 0 spiro atoms. The van der Waals surface area contributed by atoms with E-state index in [0.29, 0.717) is 12.1 Å². The highest BCUT2D eigenvalue weighted by Gasteiger charge is 2.22. The summed E-state index contributed by atoms with van der Waals surface area (Å²) in [6.07, 6.45) is 3.78. The van der Waals surface area contributed by atoms with Gasteiger partial charge in [-0.1, -0.05) is 36.2 Å². The van der Waals surface area contributed by atoms with E-state index in [1.54, 1.807) is 6.07 Å². The molecule has 0 amide bonds. The number of piperidine rings is 1. The van der Waals surface area contributed by atoms with Crippen molar-refractivity contribution in [3.05, 3.63) is 34.1 Å². The van der Waals surface area contributed by atoms with E-state index in [1.165, 1.54) is 25.3 Å². The zero-order chi connectivity index (χ0) is 14.5. The molecule has 2 nitrogen and oxygen atoms in total. The maximum absolute atomic E-state index is 13.5. The quantitative estimate of drug-likeness (QED) is 0.871. The Balaban J connectivity index is 2.00. The molecular formula is C16H24BrFN2. The number of rotatable bonds is 5. The molecule has 1 aliphatic rings. The molecule has 4 heteroatoms. The highest BCUT2D eigenvalue weighted by Crippen LogP contribution is 2.22. The third-order valence-electron chi connectivity index (χ3n) is 3.82. The first kappa shape index (κ1) is 15.9. The van der Waals surface area contributed by atoms with Crippen LogP contribution in [0, 0.1) is 5.82 Å². The minimum Gasteiger partial charge on any atom is -0.313 e. The van der Waals surface area contributed by atoms with Gasteiger partial charge in [-0.2, -0.15) is 0 Å². The first-order valence-corrected chi connectivity index (χ1v) is 8.26. The molecule has 0 radical (unpaired) electrons. The van der Waals surface area contributed by atoms with Crippen LogP contribution >= 0.6 is 15.9 Å². The van der Waals surface area contributed by atoms with Gasteiger partial charge in [0, 0.05) is 29.6 Å². The number of likely N-dealkylation sites (tertiary alicyclic amines) is 1. The van der Waals surface area contributed by atoms with E-state index >= 15 is 0 Å². The first-order valence-electron chi connectivity index (χ1n) is 7.47. The molecule has 1 aromatic rings. The standard InChI is InChI=1S/C16H24BrFN2/c1-12(2)19-10-16-5-3-4-6-20(16)11-13-7-14(17)9-15(18)8-13/h7-9,12,16,19H,3-6,10-11H2,1-2H3. The largest absolute Gasteiger partial charge is 0.313 e. The van der Waals surface area contributed by atoms with E-state index in [0.717, 1.165) is 29.7 Å². The second kappa shape index (κ2) is 7.53. The van der Waals surface area contributed by atoms with Crippen LogP contribution in [0.25, 0.3) is 0 Å². The minimum absolute atomic E-state index is 0.164. The van der Waals surface area contributed by atoms with Crippen LogP contribution < -0.4 is 5.32 Å². The lowest BCUT2D eigenvalue weighted by molar-refractivity contribution is 0.135. The number of benzene rings is 1. The number of nitrogens with one attached hydrogen (secondary N) is 1. The number of halogens is 2. The number of nitrogens with zero attached hydrogens (tertiary/aromatic N) is 1. The summed E-state index contributed by atoms with van der Waals surface area (Å²) in [7, 11) is 0. The van der Waals surface area contributed by atoms with Crippen molar-refractivity contribution in [3.63, 3.8) is 0 Å². The van der Waals surface area contributed by atoms with Crippen LogP contribution in [-0.4, -0.2) is 30.1 Å². The topological polar surface area (TPSA) is 15.3 Å². The van der Waals surface area contributed by atoms with Gasteiger partial charge in [-0.3, -0.25) is 4.90 Å². The summed E-state index contributed by atoms with van der Waals surface area (Å²) in [5.41, 5.74) is 1.05. The molecular weight excluding hydrogens is 319 g/mol. The molecule has 0 aliphatic carbocycles. The van der Waals surface area contributed by atoms with Crippen molar-refractivity contribution in [2.45, 2.75) is 51.7 Å². The minimum atomic E-state index is -0.164. The van der Waals surface area contributed by atoms with Crippen molar-refractivity contribution in [1.82, 2.24) is 10.2 Å².